The Morgan fingerprint density at radius 2 is 1.04 bits per heavy atom. The van der Waals surface area contributed by atoms with E-state index in [1.807, 2.05) is 34.1 Å². The van der Waals surface area contributed by atoms with Crippen molar-refractivity contribution < 1.29 is 33.4 Å². The average Bonchev–Trinajstić information content (AvgIpc) is 2.39. The SMILES string of the molecule is [C-]#[N+]c1cc(Cl)cc2c1C[C@H](N1CCCCC1)[C@H]2Oc1ccc2c(c1)CCN(C(=O)CCCCCNC(=O)NCCOCCNC(=O)NCCCCCC(=O)N1CCc3cc(O[C@H]4c5cc(Cl)cc(C#N)c5C[C@@H]4N4CCCCC4)ccc3C1)C2. The van der Waals surface area contributed by atoms with E-state index in [2.05, 4.69) is 66.2 Å². The van der Waals surface area contributed by atoms with Crippen LogP contribution in [0, 0.1) is 17.9 Å². The number of hydrogen-bond acceptors (Lipinski definition) is 10. The first-order chi connectivity index (χ1) is 41.5. The van der Waals surface area contributed by atoms with Gasteiger partial charge in [0.05, 0.1) is 43.5 Å². The number of halogens is 2. The molecule has 19 heteroatoms. The van der Waals surface area contributed by atoms with Crippen LogP contribution in [0.1, 0.15) is 152 Å². The van der Waals surface area contributed by atoms with Crippen LogP contribution in [0.15, 0.2) is 60.7 Å². The van der Waals surface area contributed by atoms with Crippen LogP contribution >= 0.6 is 23.2 Å². The zero-order chi connectivity index (χ0) is 59.1. The third kappa shape index (κ3) is 16.1. The highest BCUT2D eigenvalue weighted by Crippen LogP contribution is 2.46. The van der Waals surface area contributed by atoms with Gasteiger partial charge in [0.1, 0.15) is 23.7 Å². The molecule has 0 spiro atoms. The van der Waals surface area contributed by atoms with Crippen LogP contribution in [0.3, 0.4) is 0 Å². The Balaban J connectivity index is 0.528. The second kappa shape index (κ2) is 30.2. The molecule has 2 saturated heterocycles. The number of ether oxygens (including phenoxy) is 3. The molecule has 0 radical (unpaired) electrons. The molecular weight excluding hydrogens is 1120 g/mol. The van der Waals surface area contributed by atoms with Crippen LogP contribution in [-0.2, 0) is 53.1 Å². The molecule has 4 aliphatic heterocycles. The summed E-state index contributed by atoms with van der Waals surface area (Å²) in [5.41, 5.74) is 10.0. The molecule has 452 valence electrons. The van der Waals surface area contributed by atoms with Gasteiger partial charge in [-0.25, -0.2) is 14.4 Å². The molecule has 0 unspecified atom stereocenters. The summed E-state index contributed by atoms with van der Waals surface area (Å²) in [6.07, 6.45) is 15.4. The molecule has 4 aromatic rings. The number of piperidine rings is 2. The lowest BCUT2D eigenvalue weighted by Crippen LogP contribution is -2.43. The largest absolute Gasteiger partial charge is 0.484 e. The van der Waals surface area contributed by atoms with E-state index in [4.69, 9.17) is 44.0 Å². The van der Waals surface area contributed by atoms with Gasteiger partial charge >= 0.3 is 12.1 Å². The van der Waals surface area contributed by atoms with Crippen molar-refractivity contribution in [1.29, 1.82) is 5.26 Å². The smallest absolute Gasteiger partial charge is 0.314 e. The topological polar surface area (TPSA) is 185 Å². The highest BCUT2D eigenvalue weighted by molar-refractivity contribution is 6.31. The van der Waals surface area contributed by atoms with E-state index >= 15 is 0 Å². The predicted molar refractivity (Wildman–Crippen MR) is 328 cm³/mol. The second-order valence-corrected chi connectivity index (χ2v) is 24.5. The van der Waals surface area contributed by atoms with Crippen molar-refractivity contribution in [2.24, 2.45) is 0 Å². The van der Waals surface area contributed by atoms with Gasteiger partial charge < -0.3 is 45.3 Å². The van der Waals surface area contributed by atoms with Crippen molar-refractivity contribution in [1.82, 2.24) is 40.9 Å². The molecule has 10 rings (SSSR count). The molecular formula is C66H82Cl2N10O7. The van der Waals surface area contributed by atoms with Gasteiger partial charge in [0.2, 0.25) is 11.8 Å². The molecule has 17 nitrogen and oxygen atoms in total. The minimum atomic E-state index is -0.273. The number of hydrogen-bond donors (Lipinski definition) is 4. The number of carbonyl (C=O) groups excluding carboxylic acids is 4. The molecule has 4 aromatic carbocycles. The lowest BCUT2D eigenvalue weighted by atomic mass is 9.98. The quantitative estimate of drug-likeness (QED) is 0.0389. The molecule has 4 N–H and O–H groups in total. The fourth-order valence-electron chi connectivity index (χ4n) is 13.4. The van der Waals surface area contributed by atoms with E-state index in [0.717, 1.165) is 135 Å². The summed E-state index contributed by atoms with van der Waals surface area (Å²) in [5.74, 6) is 1.89. The summed E-state index contributed by atoms with van der Waals surface area (Å²) in [7, 11) is 0. The van der Waals surface area contributed by atoms with Gasteiger partial charge in [-0.1, -0.05) is 61.0 Å². The Kier molecular flexibility index (Phi) is 21.8. The summed E-state index contributed by atoms with van der Waals surface area (Å²) in [4.78, 5) is 63.9. The molecule has 0 bridgehead atoms. The first kappa shape index (κ1) is 61.5. The summed E-state index contributed by atoms with van der Waals surface area (Å²) < 4.78 is 19.2. The maximum absolute atomic E-state index is 13.2. The van der Waals surface area contributed by atoms with E-state index in [9.17, 15) is 24.4 Å². The van der Waals surface area contributed by atoms with Crippen LogP contribution in [-0.4, -0.2) is 134 Å². The van der Waals surface area contributed by atoms with E-state index in [-0.39, 0.29) is 48.2 Å². The Labute approximate surface area is 511 Å². The van der Waals surface area contributed by atoms with Gasteiger partial charge in [0.15, 0.2) is 5.69 Å². The number of rotatable bonds is 24. The third-order valence-corrected chi connectivity index (χ3v) is 18.4. The summed E-state index contributed by atoms with van der Waals surface area (Å²) >= 11 is 13.0. The number of nitriles is 1. The van der Waals surface area contributed by atoms with Crippen LogP contribution < -0.4 is 30.7 Å². The zero-order valence-electron chi connectivity index (χ0n) is 49.0. The van der Waals surface area contributed by atoms with Crippen molar-refractivity contribution in [3.8, 4) is 17.6 Å². The number of amides is 6. The van der Waals surface area contributed by atoms with Crippen LogP contribution in [0.25, 0.3) is 4.85 Å². The Bertz CT molecular complexity index is 2900. The number of nitrogens with one attached hydrogen (secondary N) is 4. The summed E-state index contributed by atoms with van der Waals surface area (Å²) in [6.45, 7) is 16.7. The minimum absolute atomic E-state index is 0.142. The van der Waals surface area contributed by atoms with E-state index < -0.39 is 0 Å². The van der Waals surface area contributed by atoms with Crippen LogP contribution in [0.2, 0.25) is 10.0 Å². The number of likely N-dealkylation sites (tertiary alicyclic amines) is 2. The lowest BCUT2D eigenvalue weighted by molar-refractivity contribution is -0.133. The summed E-state index contributed by atoms with van der Waals surface area (Å²) in [6, 6.07) is 22.1. The Morgan fingerprint density at radius 1 is 0.565 bits per heavy atom. The lowest BCUT2D eigenvalue weighted by Gasteiger charge is -2.36. The van der Waals surface area contributed by atoms with Crippen molar-refractivity contribution in [2.45, 2.75) is 153 Å². The first-order valence-corrected chi connectivity index (χ1v) is 31.9. The predicted octanol–water partition coefficient (Wildman–Crippen LogP) is 10.7. The molecule has 0 saturated carbocycles. The molecule has 6 aliphatic rings. The highest BCUT2D eigenvalue weighted by Gasteiger charge is 2.42. The first-order valence-electron chi connectivity index (χ1n) is 31.2. The summed E-state index contributed by atoms with van der Waals surface area (Å²) in [5, 5.41) is 22.4. The van der Waals surface area contributed by atoms with Gasteiger partial charge in [-0.2, -0.15) is 5.26 Å². The van der Waals surface area contributed by atoms with Crippen molar-refractivity contribution >= 4 is 52.8 Å². The maximum Gasteiger partial charge on any atom is 0.314 e. The molecule has 2 fully saturated rings. The van der Waals surface area contributed by atoms with Crippen molar-refractivity contribution in [3.05, 3.63) is 132 Å². The molecule has 6 amide bonds. The monoisotopic (exact) mass is 1200 g/mol. The highest BCUT2D eigenvalue weighted by atomic mass is 35.5. The number of urea groups is 2. The number of unbranched alkanes of at least 4 members (excludes halogenated alkanes) is 4. The van der Waals surface area contributed by atoms with Crippen molar-refractivity contribution in [3.63, 3.8) is 0 Å². The van der Waals surface area contributed by atoms with Gasteiger partial charge in [0, 0.05) is 75.2 Å². The molecule has 85 heavy (non-hydrogen) atoms. The maximum atomic E-state index is 13.2. The molecule has 4 heterocycles. The number of carbonyl (C=O) groups is 4. The second-order valence-electron chi connectivity index (χ2n) is 23.6. The van der Waals surface area contributed by atoms with Gasteiger partial charge in [-0.3, -0.25) is 19.4 Å². The Morgan fingerprint density at radius 3 is 1.53 bits per heavy atom. The fourth-order valence-corrected chi connectivity index (χ4v) is 13.9. The number of nitrogens with zero attached hydrogens (tertiary/aromatic N) is 6. The third-order valence-electron chi connectivity index (χ3n) is 18.0. The molecule has 2 aliphatic carbocycles. The normalized spacial score (nSPS) is 20.0. The minimum Gasteiger partial charge on any atom is -0.484 e. The molecule has 4 atom stereocenters. The van der Waals surface area contributed by atoms with Gasteiger partial charge in [0.25, 0.3) is 0 Å². The fraction of sp³-hybridized carbons (Fsp3) is 0.545. The standard InChI is InChI=1S/C66H82Cl2N10O7/c1-70-58-39-51(68)38-57-55(58)41-60(76-28-12-5-13-29-76)64(57)85-53-19-17-48-44-78(31-21-46(48)36-53)62(80)15-7-3-9-23-72-66(82)74-25-33-83-32-24-73-65(81)71-22-8-2-6-14-61(79)77-30-20-45-35-52(18-16-47(45)43-77)84-63-56-37-50(67)34-49(42-69)54(56)40-59(63)75-26-10-4-11-27-75/h16-19,34-39,59-60,63-64H,2-15,20-33,40-41,43-44H2,(H2,71,73,81)(H2,72,74,82)/t59-,60-,63-,64-/m0/s1. The van der Waals surface area contributed by atoms with E-state index in [1.165, 1.54) is 49.7 Å². The zero-order valence-corrected chi connectivity index (χ0v) is 50.5. The van der Waals surface area contributed by atoms with Gasteiger partial charge in [-0.15, -0.1) is 0 Å². The average molecular weight is 1200 g/mol. The van der Waals surface area contributed by atoms with E-state index in [1.54, 1.807) is 12.1 Å². The van der Waals surface area contributed by atoms with Crippen LogP contribution in [0.5, 0.6) is 11.5 Å². The number of fused-ring (bicyclic) bond motifs is 4. The van der Waals surface area contributed by atoms with E-state index in [0.29, 0.717) is 99.7 Å². The Hall–Kier alpha value is -6.60. The van der Waals surface area contributed by atoms with Gasteiger partial charge in [-0.05, 0) is 196 Å². The number of benzene rings is 4. The van der Waals surface area contributed by atoms with Crippen molar-refractivity contribution in [2.75, 3.05) is 78.7 Å². The molecule has 0 aromatic heterocycles. The van der Waals surface area contributed by atoms with Crippen LogP contribution in [0.4, 0.5) is 15.3 Å².